The Bertz CT molecular complexity index is 1280. The predicted octanol–water partition coefficient (Wildman–Crippen LogP) is 4.03. The second kappa shape index (κ2) is 10.1. The Balaban J connectivity index is 1.57. The Labute approximate surface area is 187 Å². The monoisotopic (exact) mass is 457 g/mol. The number of ether oxygens (including phenoxy) is 1. The van der Waals surface area contributed by atoms with E-state index in [4.69, 9.17) is 9.15 Å². The van der Waals surface area contributed by atoms with E-state index in [9.17, 15) is 18.0 Å². The summed E-state index contributed by atoms with van der Waals surface area (Å²) in [6, 6.07) is 11.5. The van der Waals surface area contributed by atoms with E-state index in [-0.39, 0.29) is 35.7 Å². The largest absolute Gasteiger partial charge is 0.426 e. The average molecular weight is 458 g/mol. The minimum Gasteiger partial charge on any atom is -0.426 e. The molecule has 3 aromatic rings. The maximum atomic E-state index is 12.3. The Morgan fingerprint density at radius 1 is 1.09 bits per heavy atom. The van der Waals surface area contributed by atoms with Gasteiger partial charge in [-0.2, -0.15) is 0 Å². The molecule has 0 atom stereocenters. The molecule has 8 heteroatoms. The Hall–Kier alpha value is -2.97. The number of fused-ring (bicyclic) bond motifs is 1. The lowest BCUT2D eigenvalue weighted by Gasteiger charge is -2.09. The SMILES string of the molecule is CCCc1c(C)c2ccc(OC(=O)CCCNS(=O)(=O)c3ccc(C)cc3)cc2oc1=O. The van der Waals surface area contributed by atoms with Crippen LogP contribution in [0.5, 0.6) is 5.75 Å². The lowest BCUT2D eigenvalue weighted by molar-refractivity contribution is -0.134. The molecule has 3 rings (SSSR count). The van der Waals surface area contributed by atoms with E-state index in [2.05, 4.69) is 4.72 Å². The van der Waals surface area contributed by atoms with Crippen molar-refractivity contribution in [3.05, 3.63) is 69.6 Å². The minimum atomic E-state index is -3.62. The summed E-state index contributed by atoms with van der Waals surface area (Å²) in [6.45, 7) is 5.87. The average Bonchev–Trinajstić information content (AvgIpc) is 2.74. The fraction of sp³-hybridized carbons (Fsp3) is 0.333. The summed E-state index contributed by atoms with van der Waals surface area (Å²) < 4.78 is 37.7. The van der Waals surface area contributed by atoms with Gasteiger partial charge in [-0.3, -0.25) is 4.79 Å². The number of rotatable bonds is 9. The summed E-state index contributed by atoms with van der Waals surface area (Å²) in [5.41, 5.74) is 2.50. The molecule has 0 saturated heterocycles. The molecule has 0 radical (unpaired) electrons. The van der Waals surface area contributed by atoms with E-state index in [0.29, 0.717) is 17.6 Å². The van der Waals surface area contributed by atoms with Crippen LogP contribution < -0.4 is 15.1 Å². The van der Waals surface area contributed by atoms with Gasteiger partial charge in [-0.1, -0.05) is 31.0 Å². The van der Waals surface area contributed by atoms with E-state index in [1.54, 1.807) is 24.3 Å². The summed E-state index contributed by atoms with van der Waals surface area (Å²) in [5, 5.41) is 0.804. The number of carbonyl (C=O) groups is 1. The number of hydrogen-bond donors (Lipinski definition) is 1. The Morgan fingerprint density at radius 3 is 2.50 bits per heavy atom. The molecule has 2 aromatic carbocycles. The summed E-state index contributed by atoms with van der Waals surface area (Å²) in [7, 11) is -3.62. The van der Waals surface area contributed by atoms with Crippen LogP contribution in [0.3, 0.4) is 0 Å². The van der Waals surface area contributed by atoms with Crippen molar-refractivity contribution in [1.82, 2.24) is 4.72 Å². The summed E-state index contributed by atoms with van der Waals surface area (Å²) in [4.78, 5) is 24.6. The zero-order valence-corrected chi connectivity index (χ0v) is 19.3. The molecule has 170 valence electrons. The van der Waals surface area contributed by atoms with Gasteiger partial charge in [0.05, 0.1) is 4.90 Å². The third kappa shape index (κ3) is 5.63. The van der Waals surface area contributed by atoms with Crippen LogP contribution in [0, 0.1) is 13.8 Å². The van der Waals surface area contributed by atoms with Gasteiger partial charge in [-0.15, -0.1) is 0 Å². The molecule has 0 aliphatic rings. The molecule has 0 aliphatic carbocycles. The van der Waals surface area contributed by atoms with Gasteiger partial charge in [0.2, 0.25) is 10.0 Å². The Morgan fingerprint density at radius 2 is 1.81 bits per heavy atom. The number of esters is 1. The number of benzene rings is 2. The third-order valence-corrected chi connectivity index (χ3v) is 6.65. The zero-order chi connectivity index (χ0) is 23.3. The molecule has 0 bridgehead atoms. The highest BCUT2D eigenvalue weighted by atomic mass is 32.2. The van der Waals surface area contributed by atoms with E-state index < -0.39 is 16.0 Å². The number of aryl methyl sites for hydroxylation is 2. The number of hydrogen-bond acceptors (Lipinski definition) is 6. The number of sulfonamides is 1. The first-order chi connectivity index (χ1) is 15.2. The van der Waals surface area contributed by atoms with Crippen LogP contribution in [0.4, 0.5) is 0 Å². The van der Waals surface area contributed by atoms with E-state index >= 15 is 0 Å². The molecular weight excluding hydrogens is 430 g/mol. The second-order valence-electron chi connectivity index (χ2n) is 7.69. The maximum Gasteiger partial charge on any atom is 0.339 e. The highest BCUT2D eigenvalue weighted by molar-refractivity contribution is 7.89. The van der Waals surface area contributed by atoms with Gasteiger partial charge >= 0.3 is 11.6 Å². The van der Waals surface area contributed by atoms with Crippen LogP contribution in [0.25, 0.3) is 11.0 Å². The van der Waals surface area contributed by atoms with Gasteiger partial charge in [-0.25, -0.2) is 17.9 Å². The first-order valence-corrected chi connectivity index (χ1v) is 12.0. The summed E-state index contributed by atoms with van der Waals surface area (Å²) in [6.07, 6.45) is 1.81. The molecule has 1 N–H and O–H groups in total. The van der Waals surface area contributed by atoms with Gasteiger partial charge < -0.3 is 9.15 Å². The lowest BCUT2D eigenvalue weighted by Crippen LogP contribution is -2.25. The van der Waals surface area contributed by atoms with Crippen molar-refractivity contribution in [2.24, 2.45) is 0 Å². The first kappa shape index (κ1) is 23.7. The number of nitrogens with one attached hydrogen (secondary N) is 1. The van der Waals surface area contributed by atoms with Gasteiger partial charge in [0.1, 0.15) is 11.3 Å². The van der Waals surface area contributed by atoms with E-state index in [1.165, 1.54) is 18.2 Å². The zero-order valence-electron chi connectivity index (χ0n) is 18.4. The minimum absolute atomic E-state index is 0.0346. The van der Waals surface area contributed by atoms with Crippen molar-refractivity contribution in [3.8, 4) is 5.75 Å². The molecule has 7 nitrogen and oxygen atoms in total. The molecule has 1 heterocycles. The quantitative estimate of drug-likeness (QED) is 0.225. The molecule has 0 spiro atoms. The smallest absolute Gasteiger partial charge is 0.339 e. The normalized spacial score (nSPS) is 11.6. The highest BCUT2D eigenvalue weighted by Gasteiger charge is 2.15. The molecule has 0 saturated carbocycles. The second-order valence-corrected chi connectivity index (χ2v) is 9.46. The van der Waals surface area contributed by atoms with Gasteiger partial charge in [0.25, 0.3) is 0 Å². The van der Waals surface area contributed by atoms with Crippen LogP contribution in [0.2, 0.25) is 0 Å². The van der Waals surface area contributed by atoms with Crippen LogP contribution in [0.1, 0.15) is 42.9 Å². The molecule has 0 aliphatic heterocycles. The molecule has 32 heavy (non-hydrogen) atoms. The van der Waals surface area contributed by atoms with Gasteiger partial charge in [0.15, 0.2) is 0 Å². The summed E-state index contributed by atoms with van der Waals surface area (Å²) >= 11 is 0. The van der Waals surface area contributed by atoms with Crippen molar-refractivity contribution in [2.45, 2.75) is 51.3 Å². The van der Waals surface area contributed by atoms with Crippen molar-refractivity contribution in [1.29, 1.82) is 0 Å². The molecule has 0 fully saturated rings. The van der Waals surface area contributed by atoms with Crippen LogP contribution in [-0.4, -0.2) is 20.9 Å². The van der Waals surface area contributed by atoms with Crippen molar-refractivity contribution >= 4 is 27.0 Å². The third-order valence-electron chi connectivity index (χ3n) is 5.17. The maximum absolute atomic E-state index is 12.3. The number of carbonyl (C=O) groups excluding carboxylic acids is 1. The molecular formula is C24H27NO6S. The molecule has 1 aromatic heterocycles. The summed E-state index contributed by atoms with van der Waals surface area (Å²) in [5.74, 6) is -0.228. The Kier molecular flexibility index (Phi) is 7.48. The topological polar surface area (TPSA) is 103 Å². The molecule has 0 unspecified atom stereocenters. The van der Waals surface area contributed by atoms with Crippen LogP contribution in [-0.2, 0) is 21.2 Å². The predicted molar refractivity (Wildman–Crippen MR) is 122 cm³/mol. The van der Waals surface area contributed by atoms with E-state index in [0.717, 1.165) is 22.9 Å². The fourth-order valence-electron chi connectivity index (χ4n) is 3.40. The fourth-order valence-corrected chi connectivity index (χ4v) is 4.47. The highest BCUT2D eigenvalue weighted by Crippen LogP contribution is 2.25. The van der Waals surface area contributed by atoms with E-state index in [1.807, 2.05) is 20.8 Å². The van der Waals surface area contributed by atoms with Crippen LogP contribution in [0.15, 0.2) is 56.6 Å². The lowest BCUT2D eigenvalue weighted by atomic mass is 10.0. The van der Waals surface area contributed by atoms with Crippen LogP contribution >= 0.6 is 0 Å². The first-order valence-electron chi connectivity index (χ1n) is 10.5. The van der Waals surface area contributed by atoms with Crippen molar-refractivity contribution < 1.29 is 22.4 Å². The van der Waals surface area contributed by atoms with Gasteiger partial charge in [0, 0.05) is 30.0 Å². The van der Waals surface area contributed by atoms with Crippen molar-refractivity contribution in [2.75, 3.05) is 6.54 Å². The van der Waals surface area contributed by atoms with Gasteiger partial charge in [-0.05, 0) is 56.5 Å². The van der Waals surface area contributed by atoms with Crippen molar-refractivity contribution in [3.63, 3.8) is 0 Å². The standard InChI is InChI=1S/C24H27NO6S/c1-4-6-21-17(3)20-13-10-18(15-22(20)31-24(21)27)30-23(26)7-5-14-25-32(28,29)19-11-8-16(2)9-12-19/h8-13,15,25H,4-7,14H2,1-3H3. The molecule has 0 amide bonds.